The highest BCUT2D eigenvalue weighted by molar-refractivity contribution is 7.86. The summed E-state index contributed by atoms with van der Waals surface area (Å²) >= 11 is 0. The maximum atomic E-state index is 12.8. The summed E-state index contributed by atoms with van der Waals surface area (Å²) in [4.78, 5) is 0.278. The summed E-state index contributed by atoms with van der Waals surface area (Å²) in [5.41, 5.74) is 5.58. The Bertz CT molecular complexity index is 842. The quantitative estimate of drug-likeness (QED) is 0.112. The van der Waals surface area contributed by atoms with Gasteiger partial charge in [0, 0.05) is 0 Å². The van der Waals surface area contributed by atoms with Gasteiger partial charge in [-0.25, -0.2) is 0 Å². The van der Waals surface area contributed by atoms with Crippen LogP contribution in [0.5, 0.6) is 0 Å². The zero-order valence-electron chi connectivity index (χ0n) is 25.2. The van der Waals surface area contributed by atoms with Gasteiger partial charge in [0.15, 0.2) is 0 Å². The molecule has 0 saturated heterocycles. The summed E-state index contributed by atoms with van der Waals surface area (Å²) in [6.07, 6.45) is 25.2. The first-order valence-corrected chi connectivity index (χ1v) is 17.4. The largest absolute Gasteiger partial charge is 0.295 e. The van der Waals surface area contributed by atoms with Crippen molar-refractivity contribution in [1.29, 1.82) is 0 Å². The minimum atomic E-state index is -4.27. The Hall–Kier alpha value is -0.870. The van der Waals surface area contributed by atoms with Crippen LogP contribution in [0, 0.1) is 6.92 Å². The third kappa shape index (κ3) is 12.7. The summed E-state index contributed by atoms with van der Waals surface area (Å²) in [7, 11) is -4.27. The summed E-state index contributed by atoms with van der Waals surface area (Å²) < 4.78 is 36.1. The normalized spacial score (nSPS) is 11.9. The molecule has 1 rings (SSSR count). The second-order valence-electron chi connectivity index (χ2n) is 11.3. The highest BCUT2D eigenvalue weighted by Crippen LogP contribution is 2.36. The molecule has 0 aliphatic rings. The van der Waals surface area contributed by atoms with Crippen LogP contribution in [-0.4, -0.2) is 13.0 Å². The highest BCUT2D eigenvalue weighted by atomic mass is 32.2. The highest BCUT2D eigenvalue weighted by Gasteiger charge is 2.27. The van der Waals surface area contributed by atoms with Gasteiger partial charge in [-0.05, 0) is 86.1 Å². The van der Waals surface area contributed by atoms with Crippen LogP contribution in [0.3, 0.4) is 0 Å². The molecule has 0 aromatic heterocycles. The fraction of sp³-hybridized carbons (Fsp3) is 0.818. The minimum Gasteiger partial charge on any atom is -0.282 e. The van der Waals surface area contributed by atoms with Gasteiger partial charge in [0.1, 0.15) is 4.90 Å². The lowest BCUT2D eigenvalue weighted by molar-refractivity contribution is 0.479. The van der Waals surface area contributed by atoms with E-state index in [0.29, 0.717) is 0 Å². The predicted molar refractivity (Wildman–Crippen MR) is 162 cm³/mol. The maximum absolute atomic E-state index is 12.8. The number of hydrogen-bond donors (Lipinski definition) is 1. The van der Waals surface area contributed by atoms with Crippen LogP contribution in [0.4, 0.5) is 0 Å². The summed E-state index contributed by atoms with van der Waals surface area (Å²) in [6.45, 7) is 11.0. The lowest BCUT2D eigenvalue weighted by Crippen LogP contribution is -2.16. The lowest BCUT2D eigenvalue weighted by Gasteiger charge is -2.25. The second-order valence-corrected chi connectivity index (χ2v) is 12.7. The molecule has 0 fully saturated rings. The fourth-order valence-corrected chi connectivity index (χ4v) is 6.88. The molecule has 0 heterocycles. The average Bonchev–Trinajstić information content (AvgIpc) is 2.86. The molecule has 1 aromatic carbocycles. The van der Waals surface area contributed by atoms with E-state index in [4.69, 9.17) is 0 Å². The minimum absolute atomic E-state index is 0.278. The number of unbranched alkanes of at least 4 members (excludes halogenated alkanes) is 14. The van der Waals surface area contributed by atoms with Crippen LogP contribution in [0.25, 0.3) is 0 Å². The number of hydrogen-bond acceptors (Lipinski definition) is 2. The Morgan fingerprint density at radius 2 is 0.757 bits per heavy atom. The molecule has 0 aliphatic carbocycles. The third-order valence-electron chi connectivity index (χ3n) is 8.06. The van der Waals surface area contributed by atoms with E-state index in [0.717, 1.165) is 81.8 Å². The van der Waals surface area contributed by atoms with Crippen molar-refractivity contribution in [2.24, 2.45) is 0 Å². The molecule has 3 nitrogen and oxygen atoms in total. The summed E-state index contributed by atoms with van der Waals surface area (Å²) in [6, 6.07) is 0. The van der Waals surface area contributed by atoms with E-state index in [1.807, 2.05) is 0 Å². The summed E-state index contributed by atoms with van der Waals surface area (Å²) in [5, 5.41) is 0. The standard InChI is InChI=1S/C33H60O3S/c1-6-10-14-15-16-17-18-19-20-21-22-23-27-30-28(5)29(24-11-7-2)31(25-12-8-3)33(37(34,35)36)32(30)26-13-9-4/h6-27H2,1-5H3,(H,34,35,36). The Morgan fingerprint density at radius 3 is 1.11 bits per heavy atom. The molecule has 4 heteroatoms. The summed E-state index contributed by atoms with van der Waals surface area (Å²) in [5.74, 6) is 0. The van der Waals surface area contributed by atoms with E-state index in [1.54, 1.807) is 0 Å². The topological polar surface area (TPSA) is 54.4 Å². The molecule has 0 saturated carbocycles. The van der Waals surface area contributed by atoms with E-state index in [1.165, 1.54) is 87.3 Å². The van der Waals surface area contributed by atoms with Gasteiger partial charge in [0.2, 0.25) is 0 Å². The van der Waals surface area contributed by atoms with Gasteiger partial charge in [-0.1, -0.05) is 118 Å². The van der Waals surface area contributed by atoms with Crippen molar-refractivity contribution >= 4 is 10.1 Å². The van der Waals surface area contributed by atoms with Crippen molar-refractivity contribution in [2.45, 2.75) is 181 Å². The van der Waals surface area contributed by atoms with Crippen molar-refractivity contribution in [3.63, 3.8) is 0 Å². The first-order valence-electron chi connectivity index (χ1n) is 16.0. The second kappa shape index (κ2) is 20.1. The van der Waals surface area contributed by atoms with Crippen LogP contribution < -0.4 is 0 Å². The van der Waals surface area contributed by atoms with Crippen LogP contribution in [0.2, 0.25) is 0 Å². The first-order chi connectivity index (χ1) is 17.8. The molecule has 1 aromatic rings. The van der Waals surface area contributed by atoms with Crippen molar-refractivity contribution in [3.05, 3.63) is 27.8 Å². The van der Waals surface area contributed by atoms with Crippen LogP contribution in [0.1, 0.15) is 171 Å². The maximum Gasteiger partial charge on any atom is 0.295 e. The Morgan fingerprint density at radius 1 is 0.459 bits per heavy atom. The molecule has 0 atom stereocenters. The lowest BCUT2D eigenvalue weighted by atomic mass is 9.84. The van der Waals surface area contributed by atoms with Crippen LogP contribution >= 0.6 is 0 Å². The van der Waals surface area contributed by atoms with E-state index in [-0.39, 0.29) is 4.90 Å². The Kier molecular flexibility index (Phi) is 18.5. The van der Waals surface area contributed by atoms with Crippen molar-refractivity contribution in [1.82, 2.24) is 0 Å². The van der Waals surface area contributed by atoms with Gasteiger partial charge < -0.3 is 0 Å². The molecule has 1 N–H and O–H groups in total. The molecular formula is C33H60O3S. The molecule has 0 radical (unpaired) electrons. The van der Waals surface area contributed by atoms with Gasteiger partial charge in [-0.2, -0.15) is 8.42 Å². The molecule has 37 heavy (non-hydrogen) atoms. The fourth-order valence-electron chi connectivity index (χ4n) is 5.81. The molecule has 0 amide bonds. The van der Waals surface area contributed by atoms with E-state index >= 15 is 0 Å². The van der Waals surface area contributed by atoms with Gasteiger partial charge in [-0.3, -0.25) is 4.55 Å². The molecule has 0 unspecified atom stereocenters. The van der Waals surface area contributed by atoms with Gasteiger partial charge >= 0.3 is 0 Å². The monoisotopic (exact) mass is 536 g/mol. The van der Waals surface area contributed by atoms with Gasteiger partial charge in [0.05, 0.1) is 0 Å². The average molecular weight is 537 g/mol. The predicted octanol–water partition coefficient (Wildman–Crippen LogP) is 10.5. The molecule has 0 aliphatic heterocycles. The number of rotatable bonds is 23. The Labute approximate surface area is 231 Å². The van der Waals surface area contributed by atoms with Gasteiger partial charge in [0.25, 0.3) is 10.1 Å². The Balaban J connectivity index is 2.97. The SMILES string of the molecule is CCCCCCCCCCCCCCc1c(C)c(CCCC)c(CCCC)c(S(=O)(=O)O)c1CCCC. The van der Waals surface area contributed by atoms with E-state index < -0.39 is 10.1 Å². The van der Waals surface area contributed by atoms with E-state index in [2.05, 4.69) is 34.6 Å². The van der Waals surface area contributed by atoms with Gasteiger partial charge in [-0.15, -0.1) is 0 Å². The van der Waals surface area contributed by atoms with Crippen molar-refractivity contribution in [2.75, 3.05) is 0 Å². The first kappa shape index (κ1) is 34.2. The molecule has 216 valence electrons. The molecule has 0 bridgehead atoms. The number of benzene rings is 1. The molecular weight excluding hydrogens is 476 g/mol. The zero-order chi connectivity index (χ0) is 27.5. The smallest absolute Gasteiger partial charge is 0.282 e. The third-order valence-corrected chi connectivity index (χ3v) is 9.07. The van der Waals surface area contributed by atoms with Crippen molar-refractivity contribution in [3.8, 4) is 0 Å². The zero-order valence-corrected chi connectivity index (χ0v) is 26.0. The van der Waals surface area contributed by atoms with Crippen LogP contribution in [-0.2, 0) is 35.8 Å². The van der Waals surface area contributed by atoms with Crippen molar-refractivity contribution < 1.29 is 13.0 Å². The molecule has 0 spiro atoms. The van der Waals surface area contributed by atoms with E-state index in [9.17, 15) is 13.0 Å². The van der Waals surface area contributed by atoms with Crippen LogP contribution in [0.15, 0.2) is 4.90 Å².